The van der Waals surface area contributed by atoms with Crippen molar-refractivity contribution in [1.29, 1.82) is 0 Å². The second-order valence-corrected chi connectivity index (χ2v) is 10.8. The van der Waals surface area contributed by atoms with E-state index in [1.165, 1.54) is 4.68 Å². The number of ether oxygens (including phenoxy) is 3. The molecule has 0 amide bonds. The minimum absolute atomic E-state index is 0.178. The van der Waals surface area contributed by atoms with Crippen molar-refractivity contribution in [2.45, 2.75) is 53.6 Å². The first-order valence-corrected chi connectivity index (χ1v) is 14.9. The van der Waals surface area contributed by atoms with Gasteiger partial charge in [-0.2, -0.15) is 9.78 Å². The monoisotopic (exact) mass is 591 g/mol. The number of para-hydroxylation sites is 1. The standard InChI is InChI=1S/C36H37N3O5/c1-7-42-33-19-23(5)29(20-28(33)22(3)4)34-38-31-16-12-11-15-27(31)35(40)39(34)37-21-30-26-14-10-9-13-25(26)17-18-32(30)44-24(6)36(41)43-8-2/h9-22,24H,7-8H2,1-6H3/t24-/m0/s1. The molecule has 0 saturated heterocycles. The van der Waals surface area contributed by atoms with Crippen molar-refractivity contribution in [3.8, 4) is 22.9 Å². The molecule has 1 atom stereocenters. The summed E-state index contributed by atoms with van der Waals surface area (Å²) in [6.45, 7) is 12.3. The number of carbonyl (C=O) groups excluding carboxylic acids is 1. The third kappa shape index (κ3) is 6.06. The Hall–Kier alpha value is -4.98. The van der Waals surface area contributed by atoms with E-state index < -0.39 is 12.1 Å². The molecule has 8 heteroatoms. The van der Waals surface area contributed by atoms with Crippen molar-refractivity contribution in [3.05, 3.63) is 99.8 Å². The lowest BCUT2D eigenvalue weighted by molar-refractivity contribution is -0.150. The maximum Gasteiger partial charge on any atom is 0.347 e. The van der Waals surface area contributed by atoms with Gasteiger partial charge in [0.05, 0.1) is 30.3 Å². The molecule has 0 bridgehead atoms. The number of rotatable bonds is 10. The molecule has 44 heavy (non-hydrogen) atoms. The highest BCUT2D eigenvalue weighted by Gasteiger charge is 2.20. The molecule has 0 radical (unpaired) electrons. The third-order valence-electron chi connectivity index (χ3n) is 7.43. The van der Waals surface area contributed by atoms with Gasteiger partial charge in [-0.05, 0) is 85.8 Å². The summed E-state index contributed by atoms with van der Waals surface area (Å²) in [6, 6.07) is 22.8. The van der Waals surface area contributed by atoms with Gasteiger partial charge in [-0.25, -0.2) is 9.78 Å². The number of esters is 1. The predicted molar refractivity (Wildman–Crippen MR) is 175 cm³/mol. The van der Waals surface area contributed by atoms with Crippen molar-refractivity contribution < 1.29 is 19.0 Å². The van der Waals surface area contributed by atoms with Gasteiger partial charge in [-0.15, -0.1) is 0 Å². The zero-order valence-corrected chi connectivity index (χ0v) is 26.0. The van der Waals surface area contributed by atoms with Gasteiger partial charge in [0, 0.05) is 11.1 Å². The molecule has 1 heterocycles. The van der Waals surface area contributed by atoms with E-state index in [0.29, 0.717) is 34.6 Å². The minimum atomic E-state index is -0.843. The van der Waals surface area contributed by atoms with Crippen LogP contribution in [0, 0.1) is 6.92 Å². The quantitative estimate of drug-likeness (QED) is 0.125. The molecule has 5 rings (SSSR count). The topological polar surface area (TPSA) is 92.0 Å². The first-order chi connectivity index (χ1) is 21.2. The fourth-order valence-corrected chi connectivity index (χ4v) is 5.20. The Morgan fingerprint density at radius 3 is 2.39 bits per heavy atom. The van der Waals surface area contributed by atoms with Crippen LogP contribution in [-0.4, -0.2) is 41.2 Å². The van der Waals surface area contributed by atoms with Crippen LogP contribution in [0.3, 0.4) is 0 Å². The largest absolute Gasteiger partial charge is 0.494 e. The summed E-state index contributed by atoms with van der Waals surface area (Å²) in [6.07, 6.45) is 0.759. The average molecular weight is 592 g/mol. The highest BCUT2D eigenvalue weighted by Crippen LogP contribution is 2.34. The smallest absolute Gasteiger partial charge is 0.347 e. The van der Waals surface area contributed by atoms with Crippen LogP contribution in [0.1, 0.15) is 57.2 Å². The maximum absolute atomic E-state index is 14.0. The van der Waals surface area contributed by atoms with Gasteiger partial charge in [0.15, 0.2) is 11.9 Å². The number of hydrogen-bond acceptors (Lipinski definition) is 7. The van der Waals surface area contributed by atoms with Crippen LogP contribution in [0.4, 0.5) is 0 Å². The van der Waals surface area contributed by atoms with E-state index in [9.17, 15) is 9.59 Å². The van der Waals surface area contributed by atoms with Gasteiger partial charge in [0.2, 0.25) is 0 Å². The highest BCUT2D eigenvalue weighted by atomic mass is 16.6. The lowest BCUT2D eigenvalue weighted by atomic mass is 9.96. The van der Waals surface area contributed by atoms with E-state index in [2.05, 4.69) is 13.8 Å². The van der Waals surface area contributed by atoms with E-state index in [-0.39, 0.29) is 18.1 Å². The lowest BCUT2D eigenvalue weighted by Gasteiger charge is -2.18. The molecule has 8 nitrogen and oxygen atoms in total. The van der Waals surface area contributed by atoms with Crippen LogP contribution in [0.2, 0.25) is 0 Å². The number of benzene rings is 4. The van der Waals surface area contributed by atoms with E-state index in [1.54, 1.807) is 32.2 Å². The molecule has 1 aromatic heterocycles. The van der Waals surface area contributed by atoms with Crippen LogP contribution in [0.15, 0.2) is 82.7 Å². The van der Waals surface area contributed by atoms with Gasteiger partial charge in [0.1, 0.15) is 11.5 Å². The first-order valence-electron chi connectivity index (χ1n) is 14.9. The minimum Gasteiger partial charge on any atom is -0.494 e. The Balaban J connectivity index is 1.73. The van der Waals surface area contributed by atoms with Crippen LogP contribution in [0.5, 0.6) is 11.5 Å². The van der Waals surface area contributed by atoms with Crippen LogP contribution >= 0.6 is 0 Å². The van der Waals surface area contributed by atoms with Gasteiger partial charge in [-0.3, -0.25) is 4.79 Å². The van der Waals surface area contributed by atoms with Crippen molar-refractivity contribution >= 4 is 33.9 Å². The lowest BCUT2D eigenvalue weighted by Crippen LogP contribution is -2.26. The molecular formula is C36H37N3O5. The number of carbonyl (C=O) groups is 1. The summed E-state index contributed by atoms with van der Waals surface area (Å²) in [7, 11) is 0. The molecule has 0 aliphatic heterocycles. The molecule has 5 aromatic rings. The first kappa shape index (κ1) is 30.5. The van der Waals surface area contributed by atoms with Crippen molar-refractivity contribution in [1.82, 2.24) is 9.66 Å². The third-order valence-corrected chi connectivity index (χ3v) is 7.43. The molecule has 4 aromatic carbocycles. The normalized spacial score (nSPS) is 12.2. The van der Waals surface area contributed by atoms with Crippen molar-refractivity contribution in [2.75, 3.05) is 13.2 Å². The van der Waals surface area contributed by atoms with Crippen LogP contribution < -0.4 is 15.0 Å². The van der Waals surface area contributed by atoms with Gasteiger partial charge in [0.25, 0.3) is 5.56 Å². The zero-order valence-electron chi connectivity index (χ0n) is 26.0. The van der Waals surface area contributed by atoms with Gasteiger partial charge in [-0.1, -0.05) is 56.3 Å². The summed E-state index contributed by atoms with van der Waals surface area (Å²) in [5.41, 5.74) is 3.60. The summed E-state index contributed by atoms with van der Waals surface area (Å²) in [5, 5.41) is 7.03. The van der Waals surface area contributed by atoms with Gasteiger partial charge < -0.3 is 14.2 Å². The molecule has 0 saturated carbocycles. The second kappa shape index (κ2) is 13.1. The number of nitrogens with zero attached hydrogens (tertiary/aromatic N) is 3. The molecule has 0 fully saturated rings. The molecule has 0 spiro atoms. The Bertz CT molecular complexity index is 1930. The summed E-state index contributed by atoms with van der Waals surface area (Å²) >= 11 is 0. The van der Waals surface area contributed by atoms with Crippen molar-refractivity contribution in [3.63, 3.8) is 0 Å². The number of aryl methyl sites for hydroxylation is 1. The fourth-order valence-electron chi connectivity index (χ4n) is 5.20. The molecule has 226 valence electrons. The Labute approximate surface area is 256 Å². The van der Waals surface area contributed by atoms with Crippen LogP contribution in [0.25, 0.3) is 33.1 Å². The maximum atomic E-state index is 14.0. The molecule has 0 aliphatic carbocycles. The Morgan fingerprint density at radius 2 is 1.66 bits per heavy atom. The van der Waals surface area contributed by atoms with E-state index in [1.807, 2.05) is 74.5 Å². The molecule has 0 aliphatic rings. The second-order valence-electron chi connectivity index (χ2n) is 10.8. The highest BCUT2D eigenvalue weighted by molar-refractivity contribution is 6.02. The number of aromatic nitrogens is 2. The SMILES string of the molecule is CCOC(=O)[C@H](C)Oc1ccc2ccccc2c1C=Nn1c(-c2cc(C(C)C)c(OCC)cc2C)nc2ccccc2c1=O. The Morgan fingerprint density at radius 1 is 0.932 bits per heavy atom. The summed E-state index contributed by atoms with van der Waals surface area (Å²) in [4.78, 5) is 31.4. The summed E-state index contributed by atoms with van der Waals surface area (Å²) < 4.78 is 18.5. The van der Waals surface area contributed by atoms with E-state index >= 15 is 0 Å². The zero-order chi connectivity index (χ0) is 31.4. The van der Waals surface area contributed by atoms with E-state index in [4.69, 9.17) is 24.3 Å². The predicted octanol–water partition coefficient (Wildman–Crippen LogP) is 7.26. The molecular weight excluding hydrogens is 554 g/mol. The number of hydrogen-bond donors (Lipinski definition) is 0. The van der Waals surface area contributed by atoms with Gasteiger partial charge >= 0.3 is 5.97 Å². The van der Waals surface area contributed by atoms with Crippen molar-refractivity contribution in [2.24, 2.45) is 5.10 Å². The summed E-state index contributed by atoms with van der Waals surface area (Å²) in [5.74, 6) is 1.38. The van der Waals surface area contributed by atoms with Crippen LogP contribution in [-0.2, 0) is 9.53 Å². The van der Waals surface area contributed by atoms with E-state index in [0.717, 1.165) is 33.2 Å². The molecule has 0 N–H and O–H groups in total. The average Bonchev–Trinajstić information content (AvgIpc) is 3.01. The molecule has 0 unspecified atom stereocenters. The fraction of sp³-hybridized carbons (Fsp3) is 0.278. The Kier molecular flexibility index (Phi) is 9.09. The number of fused-ring (bicyclic) bond motifs is 2.